The first kappa shape index (κ1) is 8.97. The first-order chi connectivity index (χ1) is 6.70. The maximum absolute atomic E-state index is 11.6. The summed E-state index contributed by atoms with van der Waals surface area (Å²) in [5, 5.41) is 0. The monoisotopic (exact) mass is 188 g/mol. The minimum atomic E-state index is -0.00435. The fourth-order valence-electron chi connectivity index (χ4n) is 1.52. The molecule has 0 saturated carbocycles. The van der Waals surface area contributed by atoms with E-state index in [1.54, 1.807) is 16.7 Å². The van der Waals surface area contributed by atoms with Crippen LogP contribution in [0, 0.1) is 6.92 Å². The average molecular weight is 188 g/mol. The molecule has 0 saturated heterocycles. The molecule has 0 aliphatic rings. The topological polar surface area (TPSA) is 47.5 Å². The third-order valence-electron chi connectivity index (χ3n) is 2.24. The number of nitrogens with two attached hydrogens (primary N) is 1. The van der Waals surface area contributed by atoms with Crippen LogP contribution >= 0.6 is 0 Å². The van der Waals surface area contributed by atoms with Gasteiger partial charge in [0.1, 0.15) is 0 Å². The first-order valence-electron chi connectivity index (χ1n) is 4.53. The van der Waals surface area contributed by atoms with Gasteiger partial charge in [-0.2, -0.15) is 0 Å². The van der Waals surface area contributed by atoms with Gasteiger partial charge >= 0.3 is 0 Å². The molecule has 3 nitrogen and oxygen atoms in total. The van der Waals surface area contributed by atoms with Crippen LogP contribution in [0.2, 0.25) is 0 Å². The van der Waals surface area contributed by atoms with Crippen LogP contribution < -0.4 is 11.3 Å². The van der Waals surface area contributed by atoms with E-state index in [9.17, 15) is 4.79 Å². The van der Waals surface area contributed by atoms with Crippen molar-refractivity contribution in [1.29, 1.82) is 0 Å². The van der Waals surface area contributed by atoms with Crippen molar-refractivity contribution in [3.05, 3.63) is 51.9 Å². The maximum Gasteiger partial charge on any atom is 0.255 e. The summed E-state index contributed by atoms with van der Waals surface area (Å²) in [6, 6.07) is 7.44. The number of pyridine rings is 2. The first-order valence-corrected chi connectivity index (χ1v) is 4.53. The van der Waals surface area contributed by atoms with E-state index in [0.29, 0.717) is 6.54 Å². The number of rotatable bonds is 1. The summed E-state index contributed by atoms with van der Waals surface area (Å²) in [5.41, 5.74) is 8.35. The SMILES string of the molecule is Cc1cc(=O)n2cc(CN)ccc2c1. The predicted octanol–water partition coefficient (Wildman–Crippen LogP) is 1.07. The quantitative estimate of drug-likeness (QED) is 0.727. The second-order valence-electron chi connectivity index (χ2n) is 3.41. The largest absolute Gasteiger partial charge is 0.326 e. The summed E-state index contributed by atoms with van der Waals surface area (Å²) in [5.74, 6) is 0. The molecule has 0 bridgehead atoms. The van der Waals surface area contributed by atoms with Crippen LogP contribution in [0.25, 0.3) is 5.52 Å². The van der Waals surface area contributed by atoms with E-state index in [1.165, 1.54) is 0 Å². The maximum atomic E-state index is 11.6. The van der Waals surface area contributed by atoms with Crippen molar-refractivity contribution in [3.8, 4) is 0 Å². The van der Waals surface area contributed by atoms with Crippen LogP contribution in [0.4, 0.5) is 0 Å². The lowest BCUT2D eigenvalue weighted by atomic mass is 10.2. The smallest absolute Gasteiger partial charge is 0.255 e. The summed E-state index contributed by atoms with van der Waals surface area (Å²) < 4.78 is 1.62. The fraction of sp³-hybridized carbons (Fsp3) is 0.182. The molecule has 2 N–H and O–H groups in total. The Morgan fingerprint density at radius 2 is 2.14 bits per heavy atom. The van der Waals surface area contributed by atoms with Crippen LogP contribution in [0.1, 0.15) is 11.1 Å². The highest BCUT2D eigenvalue weighted by molar-refractivity contribution is 5.49. The highest BCUT2D eigenvalue weighted by atomic mass is 16.1. The molecule has 0 amide bonds. The zero-order chi connectivity index (χ0) is 10.1. The van der Waals surface area contributed by atoms with Gasteiger partial charge in [-0.3, -0.25) is 9.20 Å². The molecule has 14 heavy (non-hydrogen) atoms. The van der Waals surface area contributed by atoms with Crippen LogP contribution in [0.3, 0.4) is 0 Å². The number of aromatic nitrogens is 1. The second-order valence-corrected chi connectivity index (χ2v) is 3.41. The van der Waals surface area contributed by atoms with Gasteiger partial charge in [0.05, 0.1) is 0 Å². The molecular weight excluding hydrogens is 176 g/mol. The molecule has 2 heterocycles. The number of hydrogen-bond acceptors (Lipinski definition) is 2. The van der Waals surface area contributed by atoms with E-state index >= 15 is 0 Å². The molecule has 72 valence electrons. The highest BCUT2D eigenvalue weighted by Gasteiger charge is 1.98. The van der Waals surface area contributed by atoms with E-state index < -0.39 is 0 Å². The molecular formula is C11H12N2O. The Morgan fingerprint density at radius 3 is 2.86 bits per heavy atom. The Bertz CT molecular complexity index is 528. The molecule has 0 aliphatic heterocycles. The lowest BCUT2D eigenvalue weighted by Gasteiger charge is -2.03. The highest BCUT2D eigenvalue weighted by Crippen LogP contribution is 2.05. The molecule has 0 fully saturated rings. The predicted molar refractivity (Wildman–Crippen MR) is 56.3 cm³/mol. The molecule has 2 aromatic heterocycles. The standard InChI is InChI=1S/C11H12N2O/c1-8-4-10-3-2-9(6-12)7-13(10)11(14)5-8/h2-5,7H,6,12H2,1H3. The van der Waals surface area contributed by atoms with Crippen molar-refractivity contribution < 1.29 is 0 Å². The Kier molecular flexibility index (Phi) is 2.09. The second kappa shape index (κ2) is 3.27. The van der Waals surface area contributed by atoms with Gasteiger partial charge in [0, 0.05) is 24.3 Å². The lowest BCUT2D eigenvalue weighted by Crippen LogP contribution is -2.13. The minimum absolute atomic E-state index is 0.00435. The summed E-state index contributed by atoms with van der Waals surface area (Å²) >= 11 is 0. The van der Waals surface area contributed by atoms with E-state index in [0.717, 1.165) is 16.6 Å². The Balaban J connectivity index is 2.82. The Labute approximate surface area is 81.8 Å². The summed E-state index contributed by atoms with van der Waals surface area (Å²) in [4.78, 5) is 11.6. The normalized spacial score (nSPS) is 10.7. The summed E-state index contributed by atoms with van der Waals surface area (Å²) in [6.45, 7) is 2.37. The molecule has 0 atom stereocenters. The van der Waals surface area contributed by atoms with E-state index in [-0.39, 0.29) is 5.56 Å². The fourth-order valence-corrected chi connectivity index (χ4v) is 1.52. The molecule has 2 aromatic rings. The van der Waals surface area contributed by atoms with Gasteiger partial charge in [-0.15, -0.1) is 0 Å². The van der Waals surface area contributed by atoms with Crippen LogP contribution in [0.5, 0.6) is 0 Å². The number of hydrogen-bond donors (Lipinski definition) is 1. The summed E-state index contributed by atoms with van der Waals surface area (Å²) in [7, 11) is 0. The van der Waals surface area contributed by atoms with Crippen molar-refractivity contribution in [2.45, 2.75) is 13.5 Å². The minimum Gasteiger partial charge on any atom is -0.326 e. The zero-order valence-electron chi connectivity index (χ0n) is 8.03. The van der Waals surface area contributed by atoms with Gasteiger partial charge in [0.25, 0.3) is 5.56 Å². The van der Waals surface area contributed by atoms with Crippen LogP contribution in [-0.2, 0) is 6.54 Å². The van der Waals surface area contributed by atoms with Gasteiger partial charge in [-0.1, -0.05) is 6.07 Å². The number of fused-ring (bicyclic) bond motifs is 1. The average Bonchev–Trinajstić information content (AvgIpc) is 2.17. The van der Waals surface area contributed by atoms with Crippen molar-refractivity contribution in [2.24, 2.45) is 5.73 Å². The number of aryl methyl sites for hydroxylation is 1. The van der Waals surface area contributed by atoms with Crippen LogP contribution in [-0.4, -0.2) is 4.40 Å². The van der Waals surface area contributed by atoms with Crippen molar-refractivity contribution >= 4 is 5.52 Å². The molecule has 3 heteroatoms. The van der Waals surface area contributed by atoms with Crippen LogP contribution in [0.15, 0.2) is 35.3 Å². The Morgan fingerprint density at radius 1 is 1.36 bits per heavy atom. The zero-order valence-corrected chi connectivity index (χ0v) is 8.03. The lowest BCUT2D eigenvalue weighted by molar-refractivity contribution is 1.00. The van der Waals surface area contributed by atoms with Gasteiger partial charge in [0.2, 0.25) is 0 Å². The molecule has 0 unspecified atom stereocenters. The van der Waals surface area contributed by atoms with Gasteiger partial charge < -0.3 is 5.73 Å². The van der Waals surface area contributed by atoms with Gasteiger partial charge in [-0.25, -0.2) is 0 Å². The molecule has 0 aliphatic carbocycles. The van der Waals surface area contributed by atoms with Gasteiger partial charge in [-0.05, 0) is 30.2 Å². The van der Waals surface area contributed by atoms with E-state index in [1.807, 2.05) is 25.1 Å². The summed E-state index contributed by atoms with van der Waals surface area (Å²) in [6.07, 6.45) is 1.79. The third kappa shape index (κ3) is 1.42. The number of nitrogens with zero attached hydrogens (tertiary/aromatic N) is 1. The third-order valence-corrected chi connectivity index (χ3v) is 2.24. The molecule has 2 rings (SSSR count). The molecule has 0 spiro atoms. The van der Waals surface area contributed by atoms with Crippen molar-refractivity contribution in [2.75, 3.05) is 0 Å². The van der Waals surface area contributed by atoms with E-state index in [4.69, 9.17) is 5.73 Å². The van der Waals surface area contributed by atoms with E-state index in [2.05, 4.69) is 0 Å². The Hall–Kier alpha value is -1.61. The van der Waals surface area contributed by atoms with Crippen molar-refractivity contribution in [3.63, 3.8) is 0 Å². The molecule has 0 radical (unpaired) electrons. The van der Waals surface area contributed by atoms with Crippen molar-refractivity contribution in [1.82, 2.24) is 4.40 Å². The van der Waals surface area contributed by atoms with Gasteiger partial charge in [0.15, 0.2) is 0 Å². The molecule has 0 aromatic carbocycles.